The minimum Gasteiger partial charge on any atom is -0.384 e. The predicted octanol–water partition coefficient (Wildman–Crippen LogP) is -0.0901. The summed E-state index contributed by atoms with van der Waals surface area (Å²) in [6.07, 6.45) is 2.96. The fourth-order valence-electron chi connectivity index (χ4n) is 1.06. The number of nitrogens with zero attached hydrogens (tertiary/aromatic N) is 2. The van der Waals surface area contributed by atoms with Crippen LogP contribution in [0.15, 0.2) is 23.0 Å². The number of hydrogen-bond donors (Lipinski definition) is 3. The molecule has 0 saturated carbocycles. The highest BCUT2D eigenvalue weighted by molar-refractivity contribution is 5.91. The predicted molar refractivity (Wildman–Crippen MR) is 50.7 cm³/mol. The molecule has 0 aliphatic heterocycles. The molecule has 0 radical (unpaired) electrons. The quantitative estimate of drug-likeness (QED) is 0.651. The van der Waals surface area contributed by atoms with Gasteiger partial charge in [-0.1, -0.05) is 5.16 Å². The van der Waals surface area contributed by atoms with Gasteiger partial charge in [0.2, 0.25) is 5.76 Å². The van der Waals surface area contributed by atoms with Gasteiger partial charge in [-0.15, -0.1) is 0 Å². The Morgan fingerprint density at radius 1 is 1.67 bits per heavy atom. The number of nitrogen functional groups attached to an aromatic ring is 1. The SMILES string of the molecule is Nc1[nH]ncc1CNC(=O)c1ccno1. The fourth-order valence-corrected chi connectivity index (χ4v) is 1.06. The largest absolute Gasteiger partial charge is 0.384 e. The third kappa shape index (κ3) is 1.96. The van der Waals surface area contributed by atoms with E-state index in [0.29, 0.717) is 12.4 Å². The van der Waals surface area contributed by atoms with Gasteiger partial charge in [-0.05, 0) is 0 Å². The molecule has 0 bridgehead atoms. The molecule has 0 unspecified atom stereocenters. The normalized spacial score (nSPS) is 10.1. The highest BCUT2D eigenvalue weighted by Gasteiger charge is 2.10. The van der Waals surface area contributed by atoms with Crippen molar-refractivity contribution in [3.8, 4) is 0 Å². The van der Waals surface area contributed by atoms with Crippen LogP contribution in [-0.4, -0.2) is 21.3 Å². The van der Waals surface area contributed by atoms with Crippen LogP contribution in [0.4, 0.5) is 5.82 Å². The number of amides is 1. The first-order chi connectivity index (χ1) is 7.27. The number of nitrogens with two attached hydrogens (primary N) is 1. The molecule has 0 atom stereocenters. The van der Waals surface area contributed by atoms with Crippen molar-refractivity contribution >= 4 is 11.7 Å². The van der Waals surface area contributed by atoms with E-state index in [1.165, 1.54) is 12.3 Å². The second-order valence-corrected chi connectivity index (χ2v) is 2.87. The summed E-state index contributed by atoms with van der Waals surface area (Å²) in [5.74, 6) is 0.262. The molecule has 0 aliphatic rings. The number of aromatic nitrogens is 3. The lowest BCUT2D eigenvalue weighted by Crippen LogP contribution is -2.22. The van der Waals surface area contributed by atoms with Gasteiger partial charge in [0.05, 0.1) is 12.4 Å². The fraction of sp³-hybridized carbons (Fsp3) is 0.125. The van der Waals surface area contributed by atoms with Crippen molar-refractivity contribution in [2.75, 3.05) is 5.73 Å². The number of aromatic amines is 1. The lowest BCUT2D eigenvalue weighted by atomic mass is 10.3. The Kier molecular flexibility index (Phi) is 2.36. The van der Waals surface area contributed by atoms with E-state index in [-0.39, 0.29) is 11.7 Å². The van der Waals surface area contributed by atoms with Crippen molar-refractivity contribution in [1.82, 2.24) is 20.7 Å². The average Bonchev–Trinajstić information content (AvgIpc) is 2.85. The summed E-state index contributed by atoms with van der Waals surface area (Å²) in [4.78, 5) is 11.4. The molecule has 4 N–H and O–H groups in total. The van der Waals surface area contributed by atoms with Crippen molar-refractivity contribution < 1.29 is 9.32 Å². The second kappa shape index (κ2) is 3.82. The number of H-pyrrole nitrogens is 1. The molecule has 0 fully saturated rings. The molecule has 15 heavy (non-hydrogen) atoms. The highest BCUT2D eigenvalue weighted by atomic mass is 16.5. The van der Waals surface area contributed by atoms with Gasteiger partial charge in [0.15, 0.2) is 0 Å². The summed E-state index contributed by atoms with van der Waals surface area (Å²) >= 11 is 0. The first-order valence-electron chi connectivity index (χ1n) is 4.24. The van der Waals surface area contributed by atoms with Crippen LogP contribution >= 0.6 is 0 Å². The van der Waals surface area contributed by atoms with Gasteiger partial charge in [-0.25, -0.2) is 0 Å². The number of carbonyl (C=O) groups is 1. The van der Waals surface area contributed by atoms with Crippen molar-refractivity contribution in [2.24, 2.45) is 0 Å². The molecular formula is C8H9N5O2. The van der Waals surface area contributed by atoms with Crippen molar-refractivity contribution in [1.29, 1.82) is 0 Å². The lowest BCUT2D eigenvalue weighted by Gasteiger charge is -2.00. The van der Waals surface area contributed by atoms with Crippen molar-refractivity contribution in [3.63, 3.8) is 0 Å². The maximum Gasteiger partial charge on any atom is 0.290 e. The van der Waals surface area contributed by atoms with Crippen LogP contribution in [0, 0.1) is 0 Å². The summed E-state index contributed by atoms with van der Waals surface area (Å²) < 4.78 is 4.68. The maximum absolute atomic E-state index is 11.4. The summed E-state index contributed by atoms with van der Waals surface area (Å²) in [7, 11) is 0. The molecule has 0 aromatic carbocycles. The van der Waals surface area contributed by atoms with E-state index < -0.39 is 0 Å². The molecule has 2 aromatic rings. The Bertz CT molecular complexity index is 447. The molecule has 1 amide bonds. The van der Waals surface area contributed by atoms with Gasteiger partial charge in [0, 0.05) is 18.2 Å². The van der Waals surface area contributed by atoms with Crippen LogP contribution in [0.5, 0.6) is 0 Å². The molecule has 0 spiro atoms. The second-order valence-electron chi connectivity index (χ2n) is 2.87. The Labute approximate surface area is 84.6 Å². The molecule has 78 valence electrons. The van der Waals surface area contributed by atoms with Gasteiger partial charge in [-0.2, -0.15) is 5.10 Å². The standard InChI is InChI=1S/C8H9N5O2/c9-7-5(4-11-13-7)3-10-8(14)6-1-2-12-15-6/h1-2,4H,3H2,(H,10,14)(H3,9,11,13). The Morgan fingerprint density at radius 2 is 2.53 bits per heavy atom. The molecule has 2 rings (SSSR count). The third-order valence-electron chi connectivity index (χ3n) is 1.85. The lowest BCUT2D eigenvalue weighted by molar-refractivity contribution is 0.0914. The van der Waals surface area contributed by atoms with Crippen LogP contribution in [-0.2, 0) is 6.54 Å². The Hall–Kier alpha value is -2.31. The van der Waals surface area contributed by atoms with E-state index in [2.05, 4.69) is 25.2 Å². The number of rotatable bonds is 3. The average molecular weight is 207 g/mol. The monoisotopic (exact) mass is 207 g/mol. The van der Waals surface area contributed by atoms with Gasteiger partial charge in [0.25, 0.3) is 5.91 Å². The summed E-state index contributed by atoms with van der Waals surface area (Å²) in [6, 6.07) is 1.48. The number of nitrogens with one attached hydrogen (secondary N) is 2. The topological polar surface area (TPSA) is 110 Å². The summed E-state index contributed by atoms with van der Waals surface area (Å²) in [6.45, 7) is 0.294. The summed E-state index contributed by atoms with van der Waals surface area (Å²) in [5, 5.41) is 12.3. The van der Waals surface area contributed by atoms with E-state index >= 15 is 0 Å². The van der Waals surface area contributed by atoms with Gasteiger partial charge < -0.3 is 15.6 Å². The molecule has 0 saturated heterocycles. The van der Waals surface area contributed by atoms with Crippen molar-refractivity contribution in [2.45, 2.75) is 6.54 Å². The molecule has 0 aliphatic carbocycles. The van der Waals surface area contributed by atoms with Gasteiger partial charge >= 0.3 is 0 Å². The van der Waals surface area contributed by atoms with Crippen LogP contribution in [0.2, 0.25) is 0 Å². The first-order valence-corrected chi connectivity index (χ1v) is 4.24. The van der Waals surface area contributed by atoms with Crippen LogP contribution in [0.25, 0.3) is 0 Å². The third-order valence-corrected chi connectivity index (χ3v) is 1.85. The molecule has 2 heterocycles. The van der Waals surface area contributed by atoms with Gasteiger partial charge in [-0.3, -0.25) is 9.89 Å². The number of hydrogen-bond acceptors (Lipinski definition) is 5. The van der Waals surface area contributed by atoms with E-state index in [1.807, 2.05) is 0 Å². The van der Waals surface area contributed by atoms with E-state index in [1.54, 1.807) is 6.20 Å². The Balaban J connectivity index is 1.95. The number of anilines is 1. The first kappa shape index (κ1) is 9.25. The van der Waals surface area contributed by atoms with Crippen LogP contribution < -0.4 is 11.1 Å². The minimum atomic E-state index is -0.340. The molecule has 2 aromatic heterocycles. The smallest absolute Gasteiger partial charge is 0.290 e. The minimum absolute atomic E-state index is 0.164. The van der Waals surface area contributed by atoms with Gasteiger partial charge in [0.1, 0.15) is 5.82 Å². The highest BCUT2D eigenvalue weighted by Crippen LogP contribution is 2.05. The number of carbonyl (C=O) groups excluding carboxylic acids is 1. The zero-order valence-electron chi connectivity index (χ0n) is 7.73. The molecular weight excluding hydrogens is 198 g/mol. The van der Waals surface area contributed by atoms with E-state index in [9.17, 15) is 4.79 Å². The summed E-state index contributed by atoms with van der Waals surface area (Å²) in [5.41, 5.74) is 6.27. The van der Waals surface area contributed by atoms with E-state index in [4.69, 9.17) is 5.73 Å². The van der Waals surface area contributed by atoms with Crippen molar-refractivity contribution in [3.05, 3.63) is 29.8 Å². The Morgan fingerprint density at radius 3 is 3.13 bits per heavy atom. The molecule has 7 nitrogen and oxygen atoms in total. The van der Waals surface area contributed by atoms with Crippen LogP contribution in [0.3, 0.4) is 0 Å². The maximum atomic E-state index is 11.4. The van der Waals surface area contributed by atoms with Crippen LogP contribution in [0.1, 0.15) is 16.1 Å². The zero-order chi connectivity index (χ0) is 10.7. The molecule has 7 heteroatoms. The van der Waals surface area contributed by atoms with E-state index in [0.717, 1.165) is 5.56 Å². The zero-order valence-corrected chi connectivity index (χ0v) is 7.73.